The summed E-state index contributed by atoms with van der Waals surface area (Å²) in [5.74, 6) is 5.23. The minimum absolute atomic E-state index is 0.186. The van der Waals surface area contributed by atoms with Crippen LogP contribution in [0.2, 0.25) is 5.02 Å². The van der Waals surface area contributed by atoms with Crippen molar-refractivity contribution in [1.82, 2.24) is 4.72 Å². The van der Waals surface area contributed by atoms with Gasteiger partial charge in [-0.2, -0.15) is 0 Å². The molecular formula is C13H14ClN3O2S. The molecule has 0 bridgehead atoms. The summed E-state index contributed by atoms with van der Waals surface area (Å²) in [5.41, 5.74) is 3.91. The van der Waals surface area contributed by atoms with Gasteiger partial charge in [-0.3, -0.25) is 5.84 Å². The molecule has 0 unspecified atom stereocenters. The number of rotatable bonds is 5. The van der Waals surface area contributed by atoms with Gasteiger partial charge in [-0.1, -0.05) is 23.7 Å². The lowest BCUT2D eigenvalue weighted by Crippen LogP contribution is -2.23. The molecule has 2 aromatic carbocycles. The van der Waals surface area contributed by atoms with E-state index < -0.39 is 10.0 Å². The van der Waals surface area contributed by atoms with E-state index in [-0.39, 0.29) is 11.4 Å². The quantitative estimate of drug-likeness (QED) is 0.583. The Morgan fingerprint density at radius 2 is 1.60 bits per heavy atom. The molecule has 4 N–H and O–H groups in total. The number of benzene rings is 2. The number of hydrazine groups is 1. The molecule has 7 heteroatoms. The van der Waals surface area contributed by atoms with Crippen molar-refractivity contribution >= 4 is 27.3 Å². The molecule has 0 fully saturated rings. The fourth-order valence-corrected chi connectivity index (χ4v) is 2.74. The minimum atomic E-state index is -3.55. The average Bonchev–Trinajstić information content (AvgIpc) is 2.47. The molecule has 0 spiro atoms. The highest BCUT2D eigenvalue weighted by Crippen LogP contribution is 2.14. The minimum Gasteiger partial charge on any atom is -0.324 e. The molecule has 0 aliphatic rings. The molecule has 20 heavy (non-hydrogen) atoms. The van der Waals surface area contributed by atoms with Gasteiger partial charge in [0.1, 0.15) is 0 Å². The van der Waals surface area contributed by atoms with E-state index in [0.29, 0.717) is 10.7 Å². The van der Waals surface area contributed by atoms with Gasteiger partial charge < -0.3 is 5.43 Å². The topological polar surface area (TPSA) is 84.2 Å². The van der Waals surface area contributed by atoms with Crippen LogP contribution in [0.15, 0.2) is 53.4 Å². The molecule has 0 radical (unpaired) electrons. The van der Waals surface area contributed by atoms with Gasteiger partial charge in [-0.05, 0) is 42.0 Å². The fourth-order valence-electron chi connectivity index (χ4n) is 1.59. The van der Waals surface area contributed by atoms with Crippen molar-refractivity contribution in [3.63, 3.8) is 0 Å². The molecule has 0 aliphatic carbocycles. The predicted molar refractivity (Wildman–Crippen MR) is 79.7 cm³/mol. The van der Waals surface area contributed by atoms with Crippen LogP contribution in [0.3, 0.4) is 0 Å². The Bertz CT molecular complexity index is 670. The van der Waals surface area contributed by atoms with Crippen LogP contribution >= 0.6 is 11.6 Å². The highest BCUT2D eigenvalue weighted by molar-refractivity contribution is 7.89. The summed E-state index contributed by atoms with van der Waals surface area (Å²) in [6.45, 7) is 0.205. The zero-order chi connectivity index (χ0) is 14.6. The maximum Gasteiger partial charge on any atom is 0.240 e. The van der Waals surface area contributed by atoms with Crippen LogP contribution in [0.5, 0.6) is 0 Å². The van der Waals surface area contributed by atoms with E-state index in [2.05, 4.69) is 10.1 Å². The van der Waals surface area contributed by atoms with Crippen LogP contribution in [0.1, 0.15) is 5.56 Å². The van der Waals surface area contributed by atoms with Gasteiger partial charge in [-0.25, -0.2) is 13.1 Å². The molecule has 5 nitrogen and oxygen atoms in total. The zero-order valence-electron chi connectivity index (χ0n) is 10.5. The van der Waals surface area contributed by atoms with Crippen molar-refractivity contribution in [3.05, 3.63) is 59.1 Å². The van der Waals surface area contributed by atoms with Crippen LogP contribution in [0.25, 0.3) is 0 Å². The van der Waals surface area contributed by atoms with E-state index in [1.165, 1.54) is 12.1 Å². The molecule has 0 amide bonds. The van der Waals surface area contributed by atoms with Crippen molar-refractivity contribution in [2.45, 2.75) is 11.4 Å². The maximum absolute atomic E-state index is 12.1. The van der Waals surface area contributed by atoms with E-state index in [0.717, 1.165) is 5.56 Å². The molecule has 2 rings (SSSR count). The van der Waals surface area contributed by atoms with Crippen molar-refractivity contribution in [2.24, 2.45) is 5.84 Å². The van der Waals surface area contributed by atoms with E-state index in [1.54, 1.807) is 36.4 Å². The van der Waals surface area contributed by atoms with Crippen molar-refractivity contribution in [2.75, 3.05) is 5.43 Å². The third-order valence-electron chi connectivity index (χ3n) is 2.71. The van der Waals surface area contributed by atoms with Gasteiger partial charge in [0.2, 0.25) is 10.0 Å². The molecule has 0 saturated heterocycles. The number of nitrogens with one attached hydrogen (secondary N) is 2. The smallest absolute Gasteiger partial charge is 0.240 e. The van der Waals surface area contributed by atoms with Crippen LogP contribution in [0, 0.1) is 0 Å². The van der Waals surface area contributed by atoms with E-state index in [9.17, 15) is 8.42 Å². The first-order chi connectivity index (χ1) is 9.51. The highest BCUT2D eigenvalue weighted by atomic mass is 35.5. The van der Waals surface area contributed by atoms with Crippen LogP contribution in [0.4, 0.5) is 5.69 Å². The summed E-state index contributed by atoms with van der Waals surface area (Å²) in [4.78, 5) is 0.186. The van der Waals surface area contributed by atoms with E-state index >= 15 is 0 Å². The molecule has 0 saturated carbocycles. The van der Waals surface area contributed by atoms with Crippen LogP contribution in [-0.4, -0.2) is 8.42 Å². The number of hydrogen-bond acceptors (Lipinski definition) is 4. The Hall–Kier alpha value is -1.60. The number of nitrogens with two attached hydrogens (primary N) is 1. The summed E-state index contributed by atoms with van der Waals surface area (Å²) >= 11 is 5.77. The number of nitrogen functional groups attached to an aromatic ring is 1. The molecule has 0 heterocycles. The number of sulfonamides is 1. The Labute approximate surface area is 122 Å². The van der Waals surface area contributed by atoms with E-state index in [1.807, 2.05) is 0 Å². The second kappa shape index (κ2) is 6.23. The molecule has 0 aromatic heterocycles. The summed E-state index contributed by atoms with van der Waals surface area (Å²) in [7, 11) is -3.55. The fraction of sp³-hybridized carbons (Fsp3) is 0.0769. The Balaban J connectivity index is 2.08. The molecule has 106 valence electrons. The summed E-state index contributed by atoms with van der Waals surface area (Å²) in [5, 5.41) is 0.612. The molecular weight excluding hydrogens is 298 g/mol. The molecule has 2 aromatic rings. The van der Waals surface area contributed by atoms with E-state index in [4.69, 9.17) is 17.4 Å². The van der Waals surface area contributed by atoms with Gasteiger partial charge in [0.15, 0.2) is 0 Å². The maximum atomic E-state index is 12.1. The van der Waals surface area contributed by atoms with Gasteiger partial charge >= 0.3 is 0 Å². The Morgan fingerprint density at radius 3 is 2.15 bits per heavy atom. The number of hydrogen-bond donors (Lipinski definition) is 3. The number of halogens is 1. The van der Waals surface area contributed by atoms with Gasteiger partial charge in [-0.15, -0.1) is 0 Å². The summed E-state index contributed by atoms with van der Waals surface area (Å²) < 4.78 is 26.7. The molecule has 0 atom stereocenters. The monoisotopic (exact) mass is 311 g/mol. The SMILES string of the molecule is NNc1ccc(S(=O)(=O)NCc2ccc(Cl)cc2)cc1. The second-order valence-corrected chi connectivity index (χ2v) is 6.32. The second-order valence-electron chi connectivity index (χ2n) is 4.12. The Kier molecular flexibility index (Phi) is 4.61. The lowest BCUT2D eigenvalue weighted by atomic mass is 10.2. The van der Waals surface area contributed by atoms with Crippen molar-refractivity contribution in [1.29, 1.82) is 0 Å². The van der Waals surface area contributed by atoms with Crippen LogP contribution in [-0.2, 0) is 16.6 Å². The third kappa shape index (κ3) is 3.71. The predicted octanol–water partition coefficient (Wildman–Crippen LogP) is 2.10. The lowest BCUT2D eigenvalue weighted by molar-refractivity contribution is 0.581. The standard InChI is InChI=1S/C13H14ClN3O2S/c14-11-3-1-10(2-4-11)9-16-20(18,19)13-7-5-12(17-15)6-8-13/h1-8,16-17H,9,15H2. The van der Waals surface area contributed by atoms with Gasteiger partial charge in [0.05, 0.1) is 4.90 Å². The number of anilines is 1. The first-order valence-corrected chi connectivity index (χ1v) is 7.68. The first-order valence-electron chi connectivity index (χ1n) is 5.82. The Morgan fingerprint density at radius 1 is 1.00 bits per heavy atom. The van der Waals surface area contributed by atoms with Crippen LogP contribution < -0.4 is 16.0 Å². The zero-order valence-corrected chi connectivity index (χ0v) is 12.1. The highest BCUT2D eigenvalue weighted by Gasteiger charge is 2.13. The normalized spacial score (nSPS) is 11.3. The van der Waals surface area contributed by atoms with Gasteiger partial charge in [0, 0.05) is 17.3 Å². The summed E-state index contributed by atoms with van der Waals surface area (Å²) in [6, 6.07) is 13.1. The molecule has 0 aliphatic heterocycles. The lowest BCUT2D eigenvalue weighted by Gasteiger charge is -2.08. The summed E-state index contributed by atoms with van der Waals surface area (Å²) in [6.07, 6.45) is 0. The average molecular weight is 312 g/mol. The first kappa shape index (κ1) is 14.8. The van der Waals surface area contributed by atoms with Crippen molar-refractivity contribution in [3.8, 4) is 0 Å². The van der Waals surface area contributed by atoms with Crippen molar-refractivity contribution < 1.29 is 8.42 Å². The third-order valence-corrected chi connectivity index (χ3v) is 4.38. The largest absolute Gasteiger partial charge is 0.324 e. The van der Waals surface area contributed by atoms with Gasteiger partial charge in [0.25, 0.3) is 0 Å².